The summed E-state index contributed by atoms with van der Waals surface area (Å²) in [6.07, 6.45) is 2.47. The van der Waals surface area contributed by atoms with Gasteiger partial charge in [0.2, 0.25) is 11.8 Å². The van der Waals surface area contributed by atoms with Gasteiger partial charge in [0, 0.05) is 51.3 Å². The summed E-state index contributed by atoms with van der Waals surface area (Å²) in [6, 6.07) is 3.30. The molecule has 0 aliphatic carbocycles. The number of nitrogens with zero attached hydrogens (tertiary/aromatic N) is 2. The molecule has 1 aliphatic rings. The fourth-order valence-electron chi connectivity index (χ4n) is 3.80. The first-order valence-corrected chi connectivity index (χ1v) is 12.1. The van der Waals surface area contributed by atoms with Crippen LogP contribution in [0, 0.1) is 5.92 Å². The summed E-state index contributed by atoms with van der Waals surface area (Å²) in [7, 11) is 1.69. The summed E-state index contributed by atoms with van der Waals surface area (Å²) in [4.78, 5) is 53.5. The Bertz CT molecular complexity index is 904. The first kappa shape index (κ1) is 27.9. The lowest BCUT2D eigenvalue weighted by Gasteiger charge is -2.25. The predicted octanol–water partition coefficient (Wildman–Crippen LogP) is 1.52. The molecule has 10 heteroatoms. The van der Waals surface area contributed by atoms with Crippen LogP contribution in [-0.2, 0) is 14.4 Å². The normalized spacial score (nSPS) is 19.6. The smallest absolute Gasteiger partial charge is 0.258 e. The van der Waals surface area contributed by atoms with E-state index in [-0.39, 0.29) is 41.4 Å². The van der Waals surface area contributed by atoms with Crippen LogP contribution in [0.15, 0.2) is 18.2 Å². The third-order valence-electron chi connectivity index (χ3n) is 5.65. The second kappa shape index (κ2) is 13.6. The van der Waals surface area contributed by atoms with Gasteiger partial charge in [-0.2, -0.15) is 0 Å². The molecule has 0 unspecified atom stereocenters. The molecule has 35 heavy (non-hydrogen) atoms. The largest absolute Gasteiger partial charge is 0.508 e. The van der Waals surface area contributed by atoms with Crippen molar-refractivity contribution in [3.05, 3.63) is 23.8 Å². The molecule has 2 bridgehead atoms. The van der Waals surface area contributed by atoms with Crippen molar-refractivity contribution >= 4 is 23.6 Å². The van der Waals surface area contributed by atoms with Gasteiger partial charge in [0.25, 0.3) is 11.8 Å². The number of fused-ring (bicyclic) bond motifs is 2. The number of aromatic hydroxyl groups is 1. The van der Waals surface area contributed by atoms with Crippen molar-refractivity contribution in [1.29, 1.82) is 0 Å². The Morgan fingerprint density at radius 2 is 1.80 bits per heavy atom. The number of hydrogen-bond donors (Lipinski definition) is 3. The monoisotopic (exact) mass is 490 g/mol. The maximum Gasteiger partial charge on any atom is 0.258 e. The fourth-order valence-corrected chi connectivity index (χ4v) is 3.80. The van der Waals surface area contributed by atoms with Gasteiger partial charge < -0.3 is 30.3 Å². The Morgan fingerprint density at radius 3 is 2.51 bits per heavy atom. The number of hydrogen-bond acceptors (Lipinski definition) is 6. The summed E-state index contributed by atoms with van der Waals surface area (Å²) in [6.45, 7) is 7.17. The van der Waals surface area contributed by atoms with E-state index in [4.69, 9.17) is 4.74 Å². The first-order chi connectivity index (χ1) is 16.6. The van der Waals surface area contributed by atoms with E-state index in [2.05, 4.69) is 10.6 Å². The maximum absolute atomic E-state index is 12.7. The molecule has 1 aliphatic heterocycles. The summed E-state index contributed by atoms with van der Waals surface area (Å²) in [5.41, 5.74) is 0.188. The van der Waals surface area contributed by atoms with Gasteiger partial charge in [0.1, 0.15) is 17.5 Å². The van der Waals surface area contributed by atoms with Gasteiger partial charge >= 0.3 is 0 Å². The molecule has 1 atom stereocenters. The molecule has 0 saturated carbocycles. The quantitative estimate of drug-likeness (QED) is 0.577. The molecule has 3 N–H and O–H groups in total. The predicted molar refractivity (Wildman–Crippen MR) is 131 cm³/mol. The van der Waals surface area contributed by atoms with Gasteiger partial charge in [0.15, 0.2) is 6.61 Å². The number of carbonyl (C=O) groups excluding carboxylic acids is 4. The highest BCUT2D eigenvalue weighted by atomic mass is 16.5. The van der Waals surface area contributed by atoms with Gasteiger partial charge in [0.05, 0.1) is 0 Å². The van der Waals surface area contributed by atoms with Crippen LogP contribution in [0.5, 0.6) is 11.5 Å². The van der Waals surface area contributed by atoms with E-state index in [1.54, 1.807) is 18.9 Å². The molecular weight excluding hydrogens is 452 g/mol. The average Bonchev–Trinajstić information content (AvgIpc) is 2.79. The summed E-state index contributed by atoms with van der Waals surface area (Å²) in [5, 5.41) is 15.4. The number of benzene rings is 1. The zero-order valence-corrected chi connectivity index (χ0v) is 21.1. The second-order valence-corrected chi connectivity index (χ2v) is 9.35. The van der Waals surface area contributed by atoms with E-state index < -0.39 is 17.9 Å². The van der Waals surface area contributed by atoms with Gasteiger partial charge in [-0.05, 0) is 44.2 Å². The SMILES string of the molecule is CC(C)CC(=O)N1CCCCN(C)C(=O)[C@H](C)NC(=O)COc2cc(O)cc(c2)C(=O)NCCC1. The van der Waals surface area contributed by atoms with Gasteiger partial charge in [-0.15, -0.1) is 0 Å². The molecule has 0 aromatic heterocycles. The Hall–Kier alpha value is -3.30. The van der Waals surface area contributed by atoms with E-state index >= 15 is 0 Å². The molecule has 1 heterocycles. The first-order valence-electron chi connectivity index (χ1n) is 12.1. The highest BCUT2D eigenvalue weighted by Gasteiger charge is 2.21. The lowest BCUT2D eigenvalue weighted by atomic mass is 10.1. The molecular formula is C25H38N4O6. The average molecular weight is 491 g/mol. The number of amides is 4. The highest BCUT2D eigenvalue weighted by Crippen LogP contribution is 2.22. The minimum absolute atomic E-state index is 0.0732. The molecule has 10 nitrogen and oxygen atoms in total. The van der Waals surface area contributed by atoms with Crippen LogP contribution in [0.25, 0.3) is 0 Å². The number of ether oxygens (including phenoxy) is 1. The molecule has 4 amide bonds. The summed E-state index contributed by atoms with van der Waals surface area (Å²) >= 11 is 0. The van der Waals surface area contributed by atoms with Crippen LogP contribution in [-0.4, -0.2) is 84.4 Å². The Labute approximate surface area is 207 Å². The Kier molecular flexibility index (Phi) is 10.8. The zero-order valence-electron chi connectivity index (χ0n) is 21.1. The number of phenolic OH excluding ortho intramolecular Hbond substituents is 1. The van der Waals surface area contributed by atoms with Gasteiger partial charge in [-0.25, -0.2) is 0 Å². The minimum Gasteiger partial charge on any atom is -0.508 e. The van der Waals surface area contributed by atoms with E-state index in [9.17, 15) is 24.3 Å². The van der Waals surface area contributed by atoms with Crippen LogP contribution in [0.1, 0.15) is 56.8 Å². The zero-order chi connectivity index (χ0) is 26.0. The minimum atomic E-state index is -0.740. The molecule has 1 aromatic rings. The summed E-state index contributed by atoms with van der Waals surface area (Å²) in [5.74, 6) is -0.826. The van der Waals surface area contributed by atoms with Gasteiger partial charge in [-0.3, -0.25) is 19.2 Å². The number of carbonyl (C=O) groups is 4. The molecule has 1 aromatic carbocycles. The van der Waals surface area contributed by atoms with Crippen LogP contribution in [0.2, 0.25) is 0 Å². The lowest BCUT2D eigenvalue weighted by molar-refractivity contribution is -0.135. The van der Waals surface area contributed by atoms with E-state index in [0.717, 1.165) is 6.42 Å². The van der Waals surface area contributed by atoms with Crippen molar-refractivity contribution in [3.63, 3.8) is 0 Å². The van der Waals surface area contributed by atoms with Gasteiger partial charge in [-0.1, -0.05) is 13.8 Å². The molecule has 0 saturated heterocycles. The maximum atomic E-state index is 12.7. The van der Waals surface area contributed by atoms with Crippen LogP contribution >= 0.6 is 0 Å². The third kappa shape index (κ3) is 9.46. The molecule has 2 rings (SSSR count). The number of likely N-dealkylation sites (N-methyl/N-ethyl adjacent to an activating group) is 1. The summed E-state index contributed by atoms with van der Waals surface area (Å²) < 4.78 is 5.43. The van der Waals surface area contributed by atoms with Crippen LogP contribution in [0.4, 0.5) is 0 Å². The molecule has 194 valence electrons. The topological polar surface area (TPSA) is 128 Å². The van der Waals surface area contributed by atoms with Crippen LogP contribution < -0.4 is 15.4 Å². The third-order valence-corrected chi connectivity index (χ3v) is 5.65. The van der Waals surface area contributed by atoms with Crippen molar-refractivity contribution in [2.75, 3.05) is 39.8 Å². The standard InChI is InChI=1S/C25H38N4O6/c1-17(2)12-23(32)29-10-6-5-9-28(4)25(34)18(3)27-22(31)16-35-21-14-19(13-20(30)15-21)24(33)26-8-7-11-29/h13-15,17-18,30H,5-12,16H2,1-4H3,(H,26,33)(H,27,31)/t18-/m0/s1. The Balaban J connectivity index is 2.16. The van der Waals surface area contributed by atoms with Crippen molar-refractivity contribution in [2.24, 2.45) is 5.92 Å². The van der Waals surface area contributed by atoms with Crippen LogP contribution in [0.3, 0.4) is 0 Å². The number of phenols is 1. The number of rotatable bonds is 2. The van der Waals surface area contributed by atoms with E-state index in [0.29, 0.717) is 45.4 Å². The lowest BCUT2D eigenvalue weighted by Crippen LogP contribution is -2.47. The number of nitrogens with one attached hydrogen (secondary N) is 2. The molecule has 0 fully saturated rings. The van der Waals surface area contributed by atoms with E-state index in [1.807, 2.05) is 18.7 Å². The van der Waals surface area contributed by atoms with E-state index in [1.165, 1.54) is 18.2 Å². The molecule has 0 spiro atoms. The van der Waals surface area contributed by atoms with Crippen molar-refractivity contribution in [1.82, 2.24) is 20.4 Å². The van der Waals surface area contributed by atoms with Crippen molar-refractivity contribution in [3.8, 4) is 11.5 Å². The second-order valence-electron chi connectivity index (χ2n) is 9.35. The highest BCUT2D eigenvalue weighted by molar-refractivity contribution is 5.95. The van der Waals surface area contributed by atoms with Crippen molar-refractivity contribution < 1.29 is 29.0 Å². The fraction of sp³-hybridized carbons (Fsp3) is 0.600. The Morgan fingerprint density at radius 1 is 1.11 bits per heavy atom. The van der Waals surface area contributed by atoms with Crippen molar-refractivity contribution in [2.45, 2.75) is 52.5 Å². The molecule has 0 radical (unpaired) electrons.